The monoisotopic (exact) mass is 414 g/mol. The number of hydrazone groups is 1. The number of benzene rings is 1. The molecule has 2 aromatic rings. The van der Waals surface area contributed by atoms with Crippen LogP contribution in [0.4, 0.5) is 17.6 Å². The summed E-state index contributed by atoms with van der Waals surface area (Å²) in [5.41, 5.74) is -2.31. The molecule has 2 heterocycles. The fraction of sp³-hybridized carbons (Fsp3) is 0.368. The summed E-state index contributed by atoms with van der Waals surface area (Å²) in [5, 5.41) is 13.2. The molecule has 0 aliphatic carbocycles. The largest absolute Gasteiger partial charge is 0.485 e. The van der Waals surface area contributed by atoms with Crippen LogP contribution in [0.15, 0.2) is 39.9 Å². The molecule has 0 unspecified atom stereocenters. The highest BCUT2D eigenvalue weighted by molar-refractivity contribution is 5.97. The maximum atomic E-state index is 13.3. The van der Waals surface area contributed by atoms with Gasteiger partial charge in [0.05, 0.1) is 0 Å². The van der Waals surface area contributed by atoms with E-state index >= 15 is 0 Å². The zero-order valence-electron chi connectivity index (χ0n) is 15.5. The smallest absolute Gasteiger partial charge is 0.312 e. The Balaban J connectivity index is 1.76. The first-order chi connectivity index (χ1) is 13.6. The van der Waals surface area contributed by atoms with Crippen molar-refractivity contribution in [2.75, 3.05) is 0 Å². The van der Waals surface area contributed by atoms with Crippen LogP contribution in [0.5, 0.6) is 5.75 Å². The van der Waals surface area contributed by atoms with Crippen molar-refractivity contribution in [1.29, 1.82) is 0 Å². The number of ether oxygens (including phenoxy) is 1. The number of carbonyl (C=O) groups is 1. The number of aliphatic hydroxyl groups is 1. The molecule has 1 amide bonds. The van der Waals surface area contributed by atoms with Gasteiger partial charge in [0.2, 0.25) is 5.72 Å². The molecular weight excluding hydrogens is 396 g/mol. The van der Waals surface area contributed by atoms with E-state index in [0.717, 1.165) is 11.1 Å². The fourth-order valence-electron chi connectivity index (χ4n) is 2.79. The van der Waals surface area contributed by atoms with Crippen LogP contribution in [0.2, 0.25) is 0 Å². The van der Waals surface area contributed by atoms with E-state index in [0.29, 0.717) is 5.75 Å². The van der Waals surface area contributed by atoms with E-state index in [1.54, 1.807) is 0 Å². The highest BCUT2D eigenvalue weighted by atomic mass is 19.3. The Bertz CT molecular complexity index is 944. The summed E-state index contributed by atoms with van der Waals surface area (Å²) in [4.78, 5) is 12.5. The number of aryl methyl sites for hydroxylation is 2. The summed E-state index contributed by atoms with van der Waals surface area (Å²) < 4.78 is 63.1. The predicted molar refractivity (Wildman–Crippen MR) is 94.1 cm³/mol. The Kier molecular flexibility index (Phi) is 5.65. The molecule has 6 nitrogen and oxygen atoms in total. The van der Waals surface area contributed by atoms with Crippen molar-refractivity contribution < 1.29 is 36.6 Å². The number of carbonyl (C=O) groups excluding carboxylic acids is 1. The molecule has 10 heteroatoms. The highest BCUT2D eigenvalue weighted by Crippen LogP contribution is 2.34. The highest BCUT2D eigenvalue weighted by Gasteiger charge is 2.53. The molecule has 1 N–H and O–H groups in total. The summed E-state index contributed by atoms with van der Waals surface area (Å²) in [7, 11) is 0. The van der Waals surface area contributed by atoms with E-state index in [9.17, 15) is 27.5 Å². The van der Waals surface area contributed by atoms with E-state index in [1.165, 1.54) is 12.1 Å². The standard InChI is InChI=1S/C19H18F4N2O4/c1-10-3-4-11(2)15(7-10)28-9-12-5-6-14(29-12)17(26)25-19(27,18(22)23)8-13(24-25)16(20)21/h3-7,16,18,27H,8-9H2,1-2H3/t19-/m0/s1. The van der Waals surface area contributed by atoms with Gasteiger partial charge in [0.25, 0.3) is 12.9 Å². The number of amides is 1. The van der Waals surface area contributed by atoms with E-state index in [1.807, 2.05) is 32.0 Å². The predicted octanol–water partition coefficient (Wildman–Crippen LogP) is 3.90. The molecule has 0 saturated carbocycles. The number of alkyl halides is 4. The minimum Gasteiger partial charge on any atom is -0.485 e. The number of hydrogen-bond acceptors (Lipinski definition) is 5. The first-order valence-electron chi connectivity index (χ1n) is 8.61. The second-order valence-electron chi connectivity index (χ2n) is 6.69. The van der Waals surface area contributed by atoms with Gasteiger partial charge in [-0.25, -0.2) is 17.6 Å². The van der Waals surface area contributed by atoms with Crippen molar-refractivity contribution in [2.45, 2.75) is 45.5 Å². The average molecular weight is 414 g/mol. The summed E-state index contributed by atoms with van der Waals surface area (Å²) >= 11 is 0. The van der Waals surface area contributed by atoms with Crippen molar-refractivity contribution >= 4 is 11.6 Å². The molecule has 0 bridgehead atoms. The molecule has 1 atom stereocenters. The lowest BCUT2D eigenvalue weighted by molar-refractivity contribution is -0.164. The lowest BCUT2D eigenvalue weighted by atomic mass is 10.1. The van der Waals surface area contributed by atoms with Gasteiger partial charge >= 0.3 is 5.91 Å². The van der Waals surface area contributed by atoms with E-state index < -0.39 is 42.4 Å². The number of hydrogen-bond donors (Lipinski definition) is 1. The molecule has 3 rings (SSSR count). The van der Waals surface area contributed by atoms with Crippen molar-refractivity contribution in [3.8, 4) is 5.75 Å². The number of nitrogens with zero attached hydrogens (tertiary/aromatic N) is 2. The van der Waals surface area contributed by atoms with Gasteiger partial charge in [0, 0.05) is 6.42 Å². The lowest BCUT2D eigenvalue weighted by Crippen LogP contribution is -2.51. The molecule has 1 aromatic carbocycles. The Morgan fingerprint density at radius 3 is 2.66 bits per heavy atom. The van der Waals surface area contributed by atoms with Gasteiger partial charge in [-0.1, -0.05) is 12.1 Å². The van der Waals surface area contributed by atoms with Gasteiger partial charge in [0.1, 0.15) is 23.8 Å². The maximum Gasteiger partial charge on any atom is 0.312 e. The Labute approximate surface area is 163 Å². The van der Waals surface area contributed by atoms with Gasteiger partial charge in [0.15, 0.2) is 5.76 Å². The summed E-state index contributed by atoms with van der Waals surface area (Å²) in [6.07, 6.45) is -7.85. The fourth-order valence-corrected chi connectivity index (χ4v) is 2.79. The number of rotatable bonds is 6. The van der Waals surface area contributed by atoms with E-state index in [4.69, 9.17) is 9.15 Å². The molecule has 156 valence electrons. The van der Waals surface area contributed by atoms with Gasteiger partial charge in [-0.2, -0.15) is 10.1 Å². The number of furan rings is 1. The Morgan fingerprint density at radius 1 is 1.28 bits per heavy atom. The summed E-state index contributed by atoms with van der Waals surface area (Å²) in [5.74, 6) is -0.900. The van der Waals surface area contributed by atoms with Crippen LogP contribution in [0.1, 0.15) is 33.9 Å². The van der Waals surface area contributed by atoms with Crippen LogP contribution in [-0.4, -0.2) is 40.3 Å². The van der Waals surface area contributed by atoms with Crippen LogP contribution >= 0.6 is 0 Å². The van der Waals surface area contributed by atoms with Gasteiger partial charge in [-0.05, 0) is 43.2 Å². The third kappa shape index (κ3) is 4.12. The van der Waals surface area contributed by atoms with Gasteiger partial charge in [-0.15, -0.1) is 0 Å². The van der Waals surface area contributed by atoms with Gasteiger partial charge in [-0.3, -0.25) is 4.79 Å². The summed E-state index contributed by atoms with van der Waals surface area (Å²) in [6, 6.07) is 8.16. The first kappa shape index (κ1) is 20.8. The molecular formula is C19H18F4N2O4. The molecule has 1 aliphatic rings. The quantitative estimate of drug-likeness (QED) is 0.728. The van der Waals surface area contributed by atoms with Crippen LogP contribution < -0.4 is 4.74 Å². The van der Waals surface area contributed by atoms with Crippen LogP contribution in [0, 0.1) is 13.8 Å². The van der Waals surface area contributed by atoms with Crippen molar-refractivity contribution in [1.82, 2.24) is 5.01 Å². The molecule has 1 aliphatic heterocycles. The minimum absolute atomic E-state index is 0.0483. The third-order valence-electron chi connectivity index (χ3n) is 4.42. The van der Waals surface area contributed by atoms with E-state index in [2.05, 4.69) is 5.10 Å². The summed E-state index contributed by atoms with van der Waals surface area (Å²) in [6.45, 7) is 3.69. The molecule has 0 spiro atoms. The van der Waals surface area contributed by atoms with Crippen LogP contribution in [0.25, 0.3) is 0 Å². The van der Waals surface area contributed by atoms with Crippen molar-refractivity contribution in [3.05, 3.63) is 53.0 Å². The Hall–Kier alpha value is -2.88. The average Bonchev–Trinajstić information content (AvgIpc) is 3.27. The zero-order chi connectivity index (χ0) is 21.3. The normalized spacial score (nSPS) is 19.2. The number of halogens is 4. The molecule has 29 heavy (non-hydrogen) atoms. The second kappa shape index (κ2) is 7.86. The van der Waals surface area contributed by atoms with E-state index in [-0.39, 0.29) is 17.4 Å². The maximum absolute atomic E-state index is 13.3. The molecule has 0 radical (unpaired) electrons. The topological polar surface area (TPSA) is 75.3 Å². The third-order valence-corrected chi connectivity index (χ3v) is 4.42. The molecule has 0 fully saturated rings. The SMILES string of the molecule is Cc1ccc(C)c(OCc2ccc(C(=O)N3N=C(C(F)F)C[C@]3(O)C(F)F)o2)c1. The van der Waals surface area contributed by atoms with Crippen molar-refractivity contribution in [3.63, 3.8) is 0 Å². The zero-order valence-corrected chi connectivity index (χ0v) is 15.5. The Morgan fingerprint density at radius 2 is 2.00 bits per heavy atom. The minimum atomic E-state index is -3.51. The first-order valence-corrected chi connectivity index (χ1v) is 8.61. The van der Waals surface area contributed by atoms with Gasteiger partial charge < -0.3 is 14.3 Å². The lowest BCUT2D eigenvalue weighted by Gasteiger charge is -2.29. The van der Waals surface area contributed by atoms with Crippen molar-refractivity contribution in [2.24, 2.45) is 5.10 Å². The molecule has 1 aromatic heterocycles. The molecule has 0 saturated heterocycles. The van der Waals surface area contributed by atoms with Crippen LogP contribution in [0.3, 0.4) is 0 Å². The van der Waals surface area contributed by atoms with Crippen LogP contribution in [-0.2, 0) is 6.61 Å². The second-order valence-corrected chi connectivity index (χ2v) is 6.69.